The van der Waals surface area contributed by atoms with Crippen LogP contribution in [-0.4, -0.2) is 22.7 Å². The maximum absolute atomic E-state index is 11.4. The van der Waals surface area contributed by atoms with Gasteiger partial charge in [0.2, 0.25) is 0 Å². The minimum absolute atomic E-state index is 0.160. The number of esters is 1. The van der Waals surface area contributed by atoms with E-state index in [1.54, 1.807) is 6.92 Å². The molecule has 0 aromatic carbocycles. The number of aromatic nitrogens is 1. The zero-order valence-corrected chi connectivity index (χ0v) is 8.66. The van der Waals surface area contributed by atoms with E-state index >= 15 is 0 Å². The summed E-state index contributed by atoms with van der Waals surface area (Å²) in [4.78, 5) is 25.2. The minimum atomic E-state index is -0.807. The van der Waals surface area contributed by atoms with Crippen LogP contribution in [0.4, 0.5) is 0 Å². The molecule has 2 N–H and O–H groups in total. The normalized spacial score (nSPS) is 10.0. The zero-order valence-electron chi connectivity index (χ0n) is 8.66. The van der Waals surface area contributed by atoms with Crippen molar-refractivity contribution in [1.29, 1.82) is 0 Å². The van der Waals surface area contributed by atoms with E-state index in [1.165, 1.54) is 6.07 Å². The lowest BCUT2D eigenvalue weighted by Crippen LogP contribution is -2.20. The van der Waals surface area contributed by atoms with Crippen LogP contribution >= 0.6 is 0 Å². The van der Waals surface area contributed by atoms with Crippen molar-refractivity contribution < 1.29 is 14.6 Å². The molecule has 5 heteroatoms. The lowest BCUT2D eigenvalue weighted by molar-refractivity contribution is 0.0521. The second kappa shape index (κ2) is 4.63. The second-order valence-electron chi connectivity index (χ2n) is 2.96. The number of hydrogen-bond donors (Lipinski definition) is 2. The van der Waals surface area contributed by atoms with Gasteiger partial charge in [-0.25, -0.2) is 4.79 Å². The molecule has 1 aromatic rings. The number of H-pyrrole nitrogens is 1. The number of aromatic amines is 1. The summed E-state index contributed by atoms with van der Waals surface area (Å²) in [6, 6.07) is 1.35. The fourth-order valence-electron chi connectivity index (χ4n) is 1.19. The first-order valence-corrected chi connectivity index (χ1v) is 4.72. The van der Waals surface area contributed by atoms with E-state index in [-0.39, 0.29) is 17.9 Å². The fourth-order valence-corrected chi connectivity index (χ4v) is 1.19. The summed E-state index contributed by atoms with van der Waals surface area (Å²) in [6.45, 7) is 3.62. The molecule has 0 spiro atoms. The van der Waals surface area contributed by atoms with Crippen LogP contribution in [-0.2, 0) is 11.2 Å². The van der Waals surface area contributed by atoms with Crippen molar-refractivity contribution in [3.63, 3.8) is 0 Å². The number of nitrogens with one attached hydrogen (secondary N) is 1. The first-order valence-electron chi connectivity index (χ1n) is 4.72. The van der Waals surface area contributed by atoms with Gasteiger partial charge in [-0.3, -0.25) is 4.79 Å². The van der Waals surface area contributed by atoms with Gasteiger partial charge in [-0.1, -0.05) is 6.92 Å². The average Bonchev–Trinajstić information content (AvgIpc) is 2.16. The van der Waals surface area contributed by atoms with E-state index in [4.69, 9.17) is 0 Å². The van der Waals surface area contributed by atoms with Crippen molar-refractivity contribution in [1.82, 2.24) is 4.98 Å². The highest BCUT2D eigenvalue weighted by Crippen LogP contribution is 2.14. The smallest absolute Gasteiger partial charge is 0.347 e. The summed E-state index contributed by atoms with van der Waals surface area (Å²) in [5, 5.41) is 9.48. The van der Waals surface area contributed by atoms with Crippen molar-refractivity contribution in [2.75, 3.05) is 6.61 Å². The molecule has 0 aliphatic heterocycles. The summed E-state index contributed by atoms with van der Waals surface area (Å²) < 4.78 is 4.64. The van der Waals surface area contributed by atoms with Gasteiger partial charge in [0.15, 0.2) is 5.56 Å². The summed E-state index contributed by atoms with van der Waals surface area (Å²) in [7, 11) is 0. The van der Waals surface area contributed by atoms with Gasteiger partial charge in [0.25, 0.3) is 5.56 Å². The summed E-state index contributed by atoms with van der Waals surface area (Å²) in [5.74, 6) is -1.15. The Hall–Kier alpha value is -1.78. The van der Waals surface area contributed by atoms with E-state index < -0.39 is 11.5 Å². The van der Waals surface area contributed by atoms with Crippen LogP contribution in [0.1, 0.15) is 29.9 Å². The van der Waals surface area contributed by atoms with Gasteiger partial charge in [0, 0.05) is 11.8 Å². The Morgan fingerprint density at radius 3 is 2.67 bits per heavy atom. The van der Waals surface area contributed by atoms with Crippen LogP contribution in [0, 0.1) is 0 Å². The van der Waals surface area contributed by atoms with Gasteiger partial charge >= 0.3 is 5.97 Å². The SMILES string of the molecule is CCOC(=O)c1c(O)cc(CC)[nH]c1=O. The Morgan fingerprint density at radius 1 is 1.53 bits per heavy atom. The highest BCUT2D eigenvalue weighted by molar-refractivity contribution is 5.91. The number of ether oxygens (including phenoxy) is 1. The van der Waals surface area contributed by atoms with Crippen molar-refractivity contribution in [3.8, 4) is 5.75 Å². The van der Waals surface area contributed by atoms with Crippen LogP contribution < -0.4 is 5.56 Å². The standard InChI is InChI=1S/C10H13NO4/c1-3-6-5-7(12)8(9(13)11-6)10(14)15-4-2/h5H,3-4H2,1-2H3,(H2,11,12,13). The first kappa shape index (κ1) is 11.3. The van der Waals surface area contributed by atoms with Gasteiger partial charge in [-0.05, 0) is 13.3 Å². The predicted molar refractivity (Wildman–Crippen MR) is 54.1 cm³/mol. The van der Waals surface area contributed by atoms with Gasteiger partial charge < -0.3 is 14.8 Å². The second-order valence-corrected chi connectivity index (χ2v) is 2.96. The quantitative estimate of drug-likeness (QED) is 0.725. The van der Waals surface area contributed by atoms with E-state index in [2.05, 4.69) is 9.72 Å². The van der Waals surface area contributed by atoms with Crippen LogP contribution in [0.2, 0.25) is 0 Å². The number of aryl methyl sites for hydroxylation is 1. The maximum Gasteiger partial charge on any atom is 0.347 e. The van der Waals surface area contributed by atoms with Gasteiger partial charge in [-0.15, -0.1) is 0 Å². The Bertz CT molecular complexity index is 422. The number of aromatic hydroxyl groups is 1. The van der Waals surface area contributed by atoms with Crippen molar-refractivity contribution in [3.05, 3.63) is 27.7 Å². The third kappa shape index (κ3) is 2.37. The lowest BCUT2D eigenvalue weighted by atomic mass is 10.2. The molecule has 0 radical (unpaired) electrons. The molecule has 82 valence electrons. The molecular weight excluding hydrogens is 198 g/mol. The van der Waals surface area contributed by atoms with Crippen LogP contribution in [0.25, 0.3) is 0 Å². The molecule has 0 fully saturated rings. The Labute approximate surface area is 86.7 Å². The van der Waals surface area contributed by atoms with Crippen LogP contribution in [0.5, 0.6) is 5.75 Å². The van der Waals surface area contributed by atoms with E-state index in [9.17, 15) is 14.7 Å². The van der Waals surface area contributed by atoms with Crippen LogP contribution in [0.3, 0.4) is 0 Å². The van der Waals surface area contributed by atoms with E-state index in [1.807, 2.05) is 6.92 Å². The van der Waals surface area contributed by atoms with Crippen molar-refractivity contribution >= 4 is 5.97 Å². The summed E-state index contributed by atoms with van der Waals surface area (Å²) >= 11 is 0. The third-order valence-electron chi connectivity index (χ3n) is 1.93. The fraction of sp³-hybridized carbons (Fsp3) is 0.400. The molecule has 0 saturated carbocycles. The van der Waals surface area contributed by atoms with Crippen molar-refractivity contribution in [2.45, 2.75) is 20.3 Å². The molecule has 1 rings (SSSR count). The van der Waals surface area contributed by atoms with E-state index in [0.717, 1.165) is 0 Å². The molecule has 0 aliphatic rings. The predicted octanol–water partition coefficient (Wildman–Crippen LogP) is 0.820. The molecule has 1 aromatic heterocycles. The molecule has 15 heavy (non-hydrogen) atoms. The zero-order chi connectivity index (χ0) is 11.4. The lowest BCUT2D eigenvalue weighted by Gasteiger charge is -2.04. The third-order valence-corrected chi connectivity index (χ3v) is 1.93. The highest BCUT2D eigenvalue weighted by atomic mass is 16.5. The molecule has 0 saturated heterocycles. The van der Waals surface area contributed by atoms with Gasteiger partial charge in [0.05, 0.1) is 6.61 Å². The number of carbonyl (C=O) groups excluding carboxylic acids is 1. The van der Waals surface area contributed by atoms with Gasteiger partial charge in [-0.2, -0.15) is 0 Å². The van der Waals surface area contributed by atoms with Crippen LogP contribution in [0.15, 0.2) is 10.9 Å². The monoisotopic (exact) mass is 211 g/mol. The largest absolute Gasteiger partial charge is 0.507 e. The average molecular weight is 211 g/mol. The van der Waals surface area contributed by atoms with Crippen molar-refractivity contribution in [2.24, 2.45) is 0 Å². The molecule has 0 bridgehead atoms. The summed E-state index contributed by atoms with van der Waals surface area (Å²) in [6.07, 6.45) is 0.575. The Kier molecular flexibility index (Phi) is 3.49. The minimum Gasteiger partial charge on any atom is -0.507 e. The number of rotatable bonds is 3. The molecule has 0 aliphatic carbocycles. The summed E-state index contributed by atoms with van der Waals surface area (Å²) in [5.41, 5.74) is -0.384. The Balaban J connectivity index is 3.20. The van der Waals surface area contributed by atoms with E-state index in [0.29, 0.717) is 12.1 Å². The molecule has 0 atom stereocenters. The van der Waals surface area contributed by atoms with Gasteiger partial charge in [0.1, 0.15) is 5.75 Å². The molecule has 1 heterocycles. The topological polar surface area (TPSA) is 79.4 Å². The number of hydrogen-bond acceptors (Lipinski definition) is 4. The highest BCUT2D eigenvalue weighted by Gasteiger charge is 2.17. The molecule has 5 nitrogen and oxygen atoms in total. The number of pyridine rings is 1. The Morgan fingerprint density at radius 2 is 2.20 bits per heavy atom. The maximum atomic E-state index is 11.4. The molecule has 0 unspecified atom stereocenters. The number of carbonyl (C=O) groups is 1. The molecule has 0 amide bonds. The molecular formula is C10H13NO4. The first-order chi connectivity index (χ1) is 7.10.